The van der Waals surface area contributed by atoms with Crippen molar-refractivity contribution < 1.29 is 14.3 Å². The van der Waals surface area contributed by atoms with Crippen molar-refractivity contribution in [1.29, 1.82) is 0 Å². The van der Waals surface area contributed by atoms with Gasteiger partial charge in [-0.3, -0.25) is 4.79 Å². The number of hydrogen-bond donors (Lipinski definition) is 2. The molecule has 1 amide bonds. The highest BCUT2D eigenvalue weighted by Gasteiger charge is 2.09. The third-order valence-corrected chi connectivity index (χ3v) is 4.85. The Balaban J connectivity index is 0.00000512. The predicted octanol–water partition coefficient (Wildman–Crippen LogP) is 3.32. The summed E-state index contributed by atoms with van der Waals surface area (Å²) in [6.45, 7) is 3.61. The molecule has 8 heteroatoms. The van der Waals surface area contributed by atoms with Gasteiger partial charge in [0.1, 0.15) is 11.5 Å². The second kappa shape index (κ2) is 14.5. The molecule has 7 nitrogen and oxygen atoms in total. The number of nitrogens with zero attached hydrogens (tertiary/aromatic N) is 2. The second-order valence-corrected chi connectivity index (χ2v) is 7.69. The van der Waals surface area contributed by atoms with Gasteiger partial charge in [-0.05, 0) is 47.7 Å². The quantitative estimate of drug-likeness (QED) is 0.268. The molecule has 2 aromatic rings. The Bertz CT molecular complexity index is 839. The van der Waals surface area contributed by atoms with Crippen molar-refractivity contribution in [3.05, 3.63) is 59.7 Å². The number of benzene rings is 2. The number of nitrogens with one attached hydrogen (secondary N) is 2. The molecule has 0 heterocycles. The summed E-state index contributed by atoms with van der Waals surface area (Å²) in [6, 6.07) is 15.9. The fourth-order valence-electron chi connectivity index (χ4n) is 2.90. The van der Waals surface area contributed by atoms with E-state index in [0.717, 1.165) is 30.0 Å². The molecule has 0 aromatic heterocycles. The minimum Gasteiger partial charge on any atom is -0.497 e. The molecule has 2 rings (SSSR count). The minimum absolute atomic E-state index is 0. The van der Waals surface area contributed by atoms with Crippen LogP contribution in [0.5, 0.6) is 11.5 Å². The highest BCUT2D eigenvalue weighted by molar-refractivity contribution is 14.0. The highest BCUT2D eigenvalue weighted by Crippen LogP contribution is 2.14. The molecule has 0 aliphatic rings. The van der Waals surface area contributed by atoms with Crippen LogP contribution in [0, 0.1) is 5.92 Å². The summed E-state index contributed by atoms with van der Waals surface area (Å²) in [5.74, 6) is 2.66. The number of amides is 1. The molecule has 1 unspecified atom stereocenters. The van der Waals surface area contributed by atoms with E-state index in [4.69, 9.17) is 9.47 Å². The molecule has 0 saturated heterocycles. The molecular weight excluding hydrogens is 519 g/mol. The smallest absolute Gasteiger partial charge is 0.241 e. The first-order valence-corrected chi connectivity index (χ1v) is 10.4. The van der Waals surface area contributed by atoms with Crippen LogP contribution >= 0.6 is 24.0 Å². The summed E-state index contributed by atoms with van der Waals surface area (Å²) < 4.78 is 10.4. The maximum absolute atomic E-state index is 12.0. The van der Waals surface area contributed by atoms with Crippen molar-refractivity contribution in [2.24, 2.45) is 10.9 Å². The number of hydrogen-bond acceptors (Lipinski definition) is 4. The number of guanidine groups is 1. The summed E-state index contributed by atoms with van der Waals surface area (Å²) in [7, 11) is 6.79. The monoisotopic (exact) mass is 554 g/mol. The average Bonchev–Trinajstić information content (AvgIpc) is 2.79. The first-order chi connectivity index (χ1) is 14.9. The van der Waals surface area contributed by atoms with Crippen LogP contribution in [0.15, 0.2) is 53.5 Å². The lowest BCUT2D eigenvalue weighted by Crippen LogP contribution is -2.44. The zero-order chi connectivity index (χ0) is 22.6. The molecule has 0 bridgehead atoms. The number of methoxy groups -OCH3 is 2. The third kappa shape index (κ3) is 9.76. The van der Waals surface area contributed by atoms with Gasteiger partial charge in [-0.2, -0.15) is 0 Å². The molecule has 0 fully saturated rings. The van der Waals surface area contributed by atoms with Gasteiger partial charge in [0.2, 0.25) is 5.91 Å². The highest BCUT2D eigenvalue weighted by atomic mass is 127. The first kappa shape index (κ1) is 27.5. The van der Waals surface area contributed by atoms with Gasteiger partial charge in [0.05, 0.1) is 27.3 Å². The van der Waals surface area contributed by atoms with E-state index in [0.29, 0.717) is 18.4 Å². The zero-order valence-corrected chi connectivity index (χ0v) is 21.9. The second-order valence-electron chi connectivity index (χ2n) is 7.69. The lowest BCUT2D eigenvalue weighted by Gasteiger charge is -2.18. The van der Waals surface area contributed by atoms with E-state index in [2.05, 4.69) is 34.7 Å². The molecule has 2 N–H and O–H groups in total. The molecule has 0 saturated carbocycles. The fourth-order valence-corrected chi connectivity index (χ4v) is 2.90. The first-order valence-electron chi connectivity index (χ1n) is 10.4. The van der Waals surface area contributed by atoms with Crippen LogP contribution in [-0.4, -0.2) is 58.2 Å². The fraction of sp³-hybridized carbons (Fsp3) is 0.417. The Morgan fingerprint density at radius 1 is 0.938 bits per heavy atom. The van der Waals surface area contributed by atoms with Crippen LogP contribution in [0.1, 0.15) is 18.1 Å². The molecule has 0 aliphatic heterocycles. The molecule has 0 spiro atoms. The maximum Gasteiger partial charge on any atom is 0.241 e. The molecule has 176 valence electrons. The number of aliphatic imine (C=N–C) groups is 1. The molecule has 2 aromatic carbocycles. The number of likely N-dealkylation sites (N-methyl/N-ethyl adjacent to an activating group) is 1. The SMILES string of the molecule is COc1ccc(CN=C(NCC(=O)N(C)C)NCC(C)Cc2ccc(OC)cc2)cc1.I. The normalized spacial score (nSPS) is 11.7. The van der Waals surface area contributed by atoms with Crippen LogP contribution < -0.4 is 20.1 Å². The Morgan fingerprint density at radius 3 is 1.97 bits per heavy atom. The van der Waals surface area contributed by atoms with E-state index in [-0.39, 0.29) is 36.4 Å². The van der Waals surface area contributed by atoms with Crippen LogP contribution in [-0.2, 0) is 17.8 Å². The van der Waals surface area contributed by atoms with Crippen molar-refractivity contribution in [1.82, 2.24) is 15.5 Å². The van der Waals surface area contributed by atoms with E-state index < -0.39 is 0 Å². The van der Waals surface area contributed by atoms with Gasteiger partial charge in [0.25, 0.3) is 0 Å². The molecule has 0 radical (unpaired) electrons. The number of carbonyl (C=O) groups excluding carboxylic acids is 1. The van der Waals surface area contributed by atoms with Gasteiger partial charge < -0.3 is 25.0 Å². The largest absolute Gasteiger partial charge is 0.497 e. The van der Waals surface area contributed by atoms with E-state index in [1.165, 1.54) is 5.56 Å². The molecule has 1 atom stereocenters. The lowest BCUT2D eigenvalue weighted by atomic mass is 10.0. The van der Waals surface area contributed by atoms with Gasteiger partial charge in [-0.15, -0.1) is 24.0 Å². The summed E-state index contributed by atoms with van der Waals surface area (Å²) in [4.78, 5) is 18.2. The van der Waals surface area contributed by atoms with E-state index in [1.807, 2.05) is 36.4 Å². The van der Waals surface area contributed by atoms with Crippen LogP contribution in [0.4, 0.5) is 0 Å². The van der Waals surface area contributed by atoms with Crippen LogP contribution in [0.25, 0.3) is 0 Å². The zero-order valence-electron chi connectivity index (χ0n) is 19.6. The van der Waals surface area contributed by atoms with Crippen molar-refractivity contribution >= 4 is 35.8 Å². The summed E-state index contributed by atoms with van der Waals surface area (Å²) in [5.41, 5.74) is 2.31. The minimum atomic E-state index is -0.00905. The number of rotatable bonds is 10. The number of ether oxygens (including phenoxy) is 2. The third-order valence-electron chi connectivity index (χ3n) is 4.85. The van der Waals surface area contributed by atoms with Crippen molar-refractivity contribution in [3.63, 3.8) is 0 Å². The summed E-state index contributed by atoms with van der Waals surface area (Å²) in [6.07, 6.45) is 0.930. The maximum atomic E-state index is 12.0. The van der Waals surface area contributed by atoms with E-state index >= 15 is 0 Å². The van der Waals surface area contributed by atoms with Crippen molar-refractivity contribution in [3.8, 4) is 11.5 Å². The average molecular weight is 554 g/mol. The van der Waals surface area contributed by atoms with Gasteiger partial charge in [0.15, 0.2) is 5.96 Å². The summed E-state index contributed by atoms with van der Waals surface area (Å²) in [5, 5.41) is 6.50. The van der Waals surface area contributed by atoms with Gasteiger partial charge >= 0.3 is 0 Å². The Labute approximate surface area is 208 Å². The number of carbonyl (C=O) groups is 1. The predicted molar refractivity (Wildman–Crippen MR) is 140 cm³/mol. The van der Waals surface area contributed by atoms with E-state index in [9.17, 15) is 4.79 Å². The summed E-state index contributed by atoms with van der Waals surface area (Å²) >= 11 is 0. The Kier molecular flexibility index (Phi) is 12.5. The van der Waals surface area contributed by atoms with Crippen LogP contribution in [0.2, 0.25) is 0 Å². The molecule has 32 heavy (non-hydrogen) atoms. The number of halogens is 1. The van der Waals surface area contributed by atoms with Crippen molar-refractivity contribution in [2.45, 2.75) is 19.9 Å². The Morgan fingerprint density at radius 2 is 1.47 bits per heavy atom. The van der Waals surface area contributed by atoms with Gasteiger partial charge in [-0.1, -0.05) is 31.2 Å². The van der Waals surface area contributed by atoms with E-state index in [1.54, 1.807) is 33.2 Å². The molecule has 0 aliphatic carbocycles. The Hall–Kier alpha value is -2.49. The standard InChI is InChI=1S/C24H34N4O3.HI/c1-18(14-19-6-10-21(30-4)11-7-19)15-25-24(27-17-23(29)28(2)3)26-16-20-8-12-22(31-5)13-9-20;/h6-13,18H,14-17H2,1-5H3,(H2,25,26,27);1H. The molecular formula is C24H35IN4O3. The van der Waals surface area contributed by atoms with Crippen LogP contribution in [0.3, 0.4) is 0 Å². The topological polar surface area (TPSA) is 75.2 Å². The lowest BCUT2D eigenvalue weighted by molar-refractivity contribution is -0.127. The van der Waals surface area contributed by atoms with Crippen molar-refractivity contribution in [2.75, 3.05) is 41.4 Å². The van der Waals surface area contributed by atoms with Gasteiger partial charge in [0, 0.05) is 20.6 Å². The van der Waals surface area contributed by atoms with Gasteiger partial charge in [-0.25, -0.2) is 4.99 Å².